The van der Waals surface area contributed by atoms with Crippen molar-refractivity contribution in [1.82, 2.24) is 4.90 Å². The van der Waals surface area contributed by atoms with E-state index >= 15 is 0 Å². The van der Waals surface area contributed by atoms with E-state index in [2.05, 4.69) is 5.32 Å². The lowest BCUT2D eigenvalue weighted by Crippen LogP contribution is -2.38. The fourth-order valence-corrected chi connectivity index (χ4v) is 3.93. The lowest BCUT2D eigenvalue weighted by Gasteiger charge is -2.31. The quantitative estimate of drug-likeness (QED) is 0.887. The van der Waals surface area contributed by atoms with Gasteiger partial charge in [-0.05, 0) is 31.0 Å². The molecule has 2 amide bonds. The molecule has 1 saturated heterocycles. The maximum atomic E-state index is 12.4. The SMILES string of the molecule is O=C(Nc1ccc(Cl)cc1Cl)[C@H]1CC(=O)N(C2CCCCC2)C1. The molecule has 0 aromatic heterocycles. The topological polar surface area (TPSA) is 49.4 Å². The number of nitrogens with zero attached hydrogens (tertiary/aromatic N) is 1. The fourth-order valence-electron chi connectivity index (χ4n) is 3.48. The lowest BCUT2D eigenvalue weighted by atomic mass is 9.94. The van der Waals surface area contributed by atoms with Gasteiger partial charge in [0.1, 0.15) is 0 Å². The van der Waals surface area contributed by atoms with E-state index in [-0.39, 0.29) is 24.2 Å². The molecule has 0 bridgehead atoms. The normalized spacial score (nSPS) is 22.4. The van der Waals surface area contributed by atoms with Crippen LogP contribution in [0.4, 0.5) is 5.69 Å². The molecule has 1 aliphatic heterocycles. The van der Waals surface area contributed by atoms with Crippen molar-refractivity contribution in [3.8, 4) is 0 Å². The summed E-state index contributed by atoms with van der Waals surface area (Å²) < 4.78 is 0. The molecule has 1 aromatic carbocycles. The Kier molecular flexibility index (Phi) is 5.12. The molecule has 1 saturated carbocycles. The summed E-state index contributed by atoms with van der Waals surface area (Å²) in [7, 11) is 0. The Bertz CT molecular complexity index is 615. The van der Waals surface area contributed by atoms with Gasteiger partial charge in [0.2, 0.25) is 11.8 Å². The van der Waals surface area contributed by atoms with E-state index in [9.17, 15) is 9.59 Å². The summed E-state index contributed by atoms with van der Waals surface area (Å²) in [5, 5.41) is 3.74. The number of halogens is 2. The van der Waals surface area contributed by atoms with Crippen molar-refractivity contribution in [2.75, 3.05) is 11.9 Å². The Labute approximate surface area is 146 Å². The molecule has 23 heavy (non-hydrogen) atoms. The molecule has 2 aliphatic rings. The molecule has 4 nitrogen and oxygen atoms in total. The van der Waals surface area contributed by atoms with E-state index in [0.717, 1.165) is 12.8 Å². The first kappa shape index (κ1) is 16.6. The first-order valence-corrected chi connectivity index (χ1v) is 8.85. The number of likely N-dealkylation sites (tertiary alicyclic amines) is 1. The minimum Gasteiger partial charge on any atom is -0.339 e. The van der Waals surface area contributed by atoms with E-state index < -0.39 is 0 Å². The third-order valence-electron chi connectivity index (χ3n) is 4.73. The Morgan fingerprint density at radius 3 is 2.61 bits per heavy atom. The van der Waals surface area contributed by atoms with Gasteiger partial charge in [0, 0.05) is 24.0 Å². The van der Waals surface area contributed by atoms with Gasteiger partial charge in [0.25, 0.3) is 0 Å². The Morgan fingerprint density at radius 1 is 1.17 bits per heavy atom. The maximum Gasteiger partial charge on any atom is 0.229 e. The van der Waals surface area contributed by atoms with Crippen LogP contribution in [-0.2, 0) is 9.59 Å². The second-order valence-corrected chi connectivity index (χ2v) is 7.20. The molecule has 1 N–H and O–H groups in total. The number of amides is 2. The molecule has 0 radical (unpaired) electrons. The predicted octanol–water partition coefficient (Wildman–Crippen LogP) is 4.11. The number of anilines is 1. The molecular formula is C17H20Cl2N2O2. The van der Waals surface area contributed by atoms with Gasteiger partial charge >= 0.3 is 0 Å². The lowest BCUT2D eigenvalue weighted by molar-refractivity contribution is -0.130. The highest BCUT2D eigenvalue weighted by atomic mass is 35.5. The van der Waals surface area contributed by atoms with Gasteiger partial charge < -0.3 is 10.2 Å². The number of hydrogen-bond donors (Lipinski definition) is 1. The summed E-state index contributed by atoms with van der Waals surface area (Å²) >= 11 is 11.9. The Morgan fingerprint density at radius 2 is 1.91 bits per heavy atom. The van der Waals surface area contributed by atoms with Crippen LogP contribution in [0.15, 0.2) is 18.2 Å². The van der Waals surface area contributed by atoms with Gasteiger partial charge in [-0.25, -0.2) is 0 Å². The summed E-state index contributed by atoms with van der Waals surface area (Å²) in [4.78, 5) is 26.6. The largest absolute Gasteiger partial charge is 0.339 e. The molecule has 6 heteroatoms. The van der Waals surface area contributed by atoms with Crippen LogP contribution >= 0.6 is 23.2 Å². The van der Waals surface area contributed by atoms with Crippen molar-refractivity contribution in [1.29, 1.82) is 0 Å². The van der Waals surface area contributed by atoms with Crippen LogP contribution in [0.2, 0.25) is 10.0 Å². The van der Waals surface area contributed by atoms with Gasteiger partial charge in [0.15, 0.2) is 0 Å². The van der Waals surface area contributed by atoms with Crippen molar-refractivity contribution in [2.45, 2.75) is 44.6 Å². The van der Waals surface area contributed by atoms with E-state index in [1.807, 2.05) is 4.90 Å². The minimum absolute atomic E-state index is 0.0965. The van der Waals surface area contributed by atoms with Crippen LogP contribution in [0, 0.1) is 5.92 Å². The highest BCUT2D eigenvalue weighted by Crippen LogP contribution is 2.30. The Balaban J connectivity index is 1.63. The fraction of sp³-hybridized carbons (Fsp3) is 0.529. The van der Waals surface area contributed by atoms with Gasteiger partial charge in [0.05, 0.1) is 16.6 Å². The number of carbonyl (C=O) groups is 2. The first-order chi connectivity index (χ1) is 11.0. The van der Waals surface area contributed by atoms with Crippen molar-refractivity contribution in [2.24, 2.45) is 5.92 Å². The van der Waals surface area contributed by atoms with Crippen LogP contribution in [-0.4, -0.2) is 29.3 Å². The average Bonchev–Trinajstić information content (AvgIpc) is 2.93. The molecule has 0 unspecified atom stereocenters. The second-order valence-electron chi connectivity index (χ2n) is 6.35. The summed E-state index contributed by atoms with van der Waals surface area (Å²) in [6, 6.07) is 5.26. The van der Waals surface area contributed by atoms with Crippen LogP contribution < -0.4 is 5.32 Å². The highest BCUT2D eigenvalue weighted by molar-refractivity contribution is 6.36. The number of nitrogens with one attached hydrogen (secondary N) is 1. The van der Waals surface area contributed by atoms with Crippen molar-refractivity contribution in [3.05, 3.63) is 28.2 Å². The van der Waals surface area contributed by atoms with Gasteiger partial charge in [-0.15, -0.1) is 0 Å². The van der Waals surface area contributed by atoms with Gasteiger partial charge in [-0.3, -0.25) is 9.59 Å². The summed E-state index contributed by atoms with van der Waals surface area (Å²) in [6.45, 7) is 0.514. The Hall–Kier alpha value is -1.26. The van der Waals surface area contributed by atoms with Crippen molar-refractivity contribution in [3.63, 3.8) is 0 Å². The summed E-state index contributed by atoms with van der Waals surface area (Å²) in [6.07, 6.45) is 5.99. The van der Waals surface area contributed by atoms with E-state index in [4.69, 9.17) is 23.2 Å². The number of hydrogen-bond acceptors (Lipinski definition) is 2. The number of rotatable bonds is 3. The van der Waals surface area contributed by atoms with Crippen LogP contribution in [0.5, 0.6) is 0 Å². The third-order valence-corrected chi connectivity index (χ3v) is 5.28. The monoisotopic (exact) mass is 354 g/mol. The van der Waals surface area contributed by atoms with Crippen molar-refractivity contribution >= 4 is 40.7 Å². The van der Waals surface area contributed by atoms with Crippen LogP contribution in [0.1, 0.15) is 38.5 Å². The van der Waals surface area contributed by atoms with Crippen LogP contribution in [0.25, 0.3) is 0 Å². The summed E-state index contributed by atoms with van der Waals surface area (Å²) in [5.74, 6) is -0.365. The predicted molar refractivity (Wildman–Crippen MR) is 91.8 cm³/mol. The molecular weight excluding hydrogens is 335 g/mol. The van der Waals surface area contributed by atoms with Crippen molar-refractivity contribution < 1.29 is 9.59 Å². The summed E-state index contributed by atoms with van der Waals surface area (Å²) in [5.41, 5.74) is 0.532. The zero-order valence-corrected chi connectivity index (χ0v) is 14.4. The third kappa shape index (κ3) is 3.81. The molecule has 1 heterocycles. The number of benzene rings is 1. The average molecular weight is 355 g/mol. The van der Waals surface area contributed by atoms with Gasteiger partial charge in [-0.1, -0.05) is 42.5 Å². The molecule has 0 spiro atoms. The smallest absolute Gasteiger partial charge is 0.229 e. The van der Waals surface area contributed by atoms with E-state index in [0.29, 0.717) is 28.3 Å². The minimum atomic E-state index is -0.309. The molecule has 1 aliphatic carbocycles. The molecule has 1 aromatic rings. The molecule has 124 valence electrons. The van der Waals surface area contributed by atoms with E-state index in [1.165, 1.54) is 19.3 Å². The standard InChI is InChI=1S/C17H20Cl2N2O2/c18-12-6-7-15(14(19)9-12)20-17(23)11-8-16(22)21(10-11)13-4-2-1-3-5-13/h6-7,9,11,13H,1-5,8,10H2,(H,20,23)/t11-/m0/s1. The molecule has 1 atom stereocenters. The first-order valence-electron chi connectivity index (χ1n) is 8.10. The second kappa shape index (κ2) is 7.10. The van der Waals surface area contributed by atoms with E-state index in [1.54, 1.807) is 18.2 Å². The molecule has 2 fully saturated rings. The highest BCUT2D eigenvalue weighted by Gasteiger charge is 2.38. The number of carbonyl (C=O) groups excluding carboxylic acids is 2. The molecule has 3 rings (SSSR count). The van der Waals surface area contributed by atoms with Crippen LogP contribution in [0.3, 0.4) is 0 Å². The van der Waals surface area contributed by atoms with Gasteiger partial charge in [-0.2, -0.15) is 0 Å². The maximum absolute atomic E-state index is 12.4. The zero-order chi connectivity index (χ0) is 16.4. The zero-order valence-electron chi connectivity index (χ0n) is 12.9.